The summed E-state index contributed by atoms with van der Waals surface area (Å²) in [6.07, 6.45) is 0.558. The second-order valence-electron chi connectivity index (χ2n) is 5.09. The summed E-state index contributed by atoms with van der Waals surface area (Å²) in [5.41, 5.74) is 2.67. The number of rotatable bonds is 7. The van der Waals surface area contributed by atoms with Crippen molar-refractivity contribution in [2.75, 3.05) is 0 Å². The molecule has 2 N–H and O–H groups in total. The zero-order valence-corrected chi connectivity index (χ0v) is 12.0. The number of nitrogens with one attached hydrogen (secondary N) is 1. The molecule has 0 heterocycles. The van der Waals surface area contributed by atoms with Gasteiger partial charge in [0, 0.05) is 0 Å². The van der Waals surface area contributed by atoms with Gasteiger partial charge >= 0.3 is 5.97 Å². The minimum atomic E-state index is -1.09. The number of benzene rings is 1. The van der Waals surface area contributed by atoms with Gasteiger partial charge in [-0.1, -0.05) is 50.6 Å². The van der Waals surface area contributed by atoms with Gasteiger partial charge in [-0.3, -0.25) is 9.63 Å². The van der Waals surface area contributed by atoms with Crippen LogP contribution >= 0.6 is 0 Å². The van der Waals surface area contributed by atoms with E-state index in [-0.39, 0.29) is 12.0 Å². The maximum absolute atomic E-state index is 11.4. The van der Waals surface area contributed by atoms with Crippen LogP contribution in [0.5, 0.6) is 0 Å². The van der Waals surface area contributed by atoms with Crippen molar-refractivity contribution in [1.82, 2.24) is 5.48 Å². The summed E-state index contributed by atoms with van der Waals surface area (Å²) in [4.78, 5) is 17.0. The highest BCUT2D eigenvalue weighted by molar-refractivity contribution is 5.78. The number of carbonyl (C=O) groups is 1. The van der Waals surface area contributed by atoms with Crippen molar-refractivity contribution in [2.24, 2.45) is 5.92 Å². The van der Waals surface area contributed by atoms with Gasteiger partial charge in [-0.25, -0.2) is 0 Å². The van der Waals surface area contributed by atoms with E-state index in [1.807, 2.05) is 51.1 Å². The lowest BCUT2D eigenvalue weighted by atomic mass is 9.86. The fourth-order valence-electron chi connectivity index (χ4n) is 1.77. The molecule has 0 saturated heterocycles. The van der Waals surface area contributed by atoms with Crippen LogP contribution in [0, 0.1) is 5.92 Å². The lowest BCUT2D eigenvalue weighted by Crippen LogP contribution is -2.54. The minimum Gasteiger partial charge on any atom is -0.480 e. The van der Waals surface area contributed by atoms with E-state index in [9.17, 15) is 9.90 Å². The van der Waals surface area contributed by atoms with Crippen molar-refractivity contribution >= 4 is 5.97 Å². The van der Waals surface area contributed by atoms with Crippen molar-refractivity contribution < 1.29 is 14.7 Å². The van der Waals surface area contributed by atoms with Crippen LogP contribution in [0.1, 0.15) is 45.8 Å². The molecule has 3 unspecified atom stereocenters. The van der Waals surface area contributed by atoms with E-state index >= 15 is 0 Å². The van der Waals surface area contributed by atoms with Gasteiger partial charge in [-0.05, 0) is 25.3 Å². The van der Waals surface area contributed by atoms with Crippen LogP contribution in [0.2, 0.25) is 0 Å². The molecule has 106 valence electrons. The van der Waals surface area contributed by atoms with Gasteiger partial charge in [0.25, 0.3) is 0 Å². The third kappa shape index (κ3) is 3.78. The molecule has 0 aromatic heterocycles. The highest BCUT2D eigenvalue weighted by Gasteiger charge is 2.39. The molecule has 0 radical (unpaired) electrons. The van der Waals surface area contributed by atoms with Crippen molar-refractivity contribution in [1.29, 1.82) is 0 Å². The number of carboxylic acids is 1. The van der Waals surface area contributed by atoms with Crippen molar-refractivity contribution in [3.63, 3.8) is 0 Å². The number of hydrogen-bond donors (Lipinski definition) is 2. The van der Waals surface area contributed by atoms with Gasteiger partial charge in [-0.2, -0.15) is 5.48 Å². The molecule has 0 saturated carbocycles. The molecule has 4 heteroatoms. The smallest absolute Gasteiger partial charge is 0.326 e. The first-order valence-electron chi connectivity index (χ1n) is 6.63. The second kappa shape index (κ2) is 6.68. The Bertz CT molecular complexity index is 407. The molecular formula is C15H23NO3. The number of hydrogen-bond acceptors (Lipinski definition) is 3. The first-order valence-corrected chi connectivity index (χ1v) is 6.63. The molecule has 1 rings (SSSR count). The molecule has 1 aromatic rings. The van der Waals surface area contributed by atoms with Gasteiger partial charge in [0.2, 0.25) is 0 Å². The molecule has 1 aromatic carbocycles. The van der Waals surface area contributed by atoms with Crippen molar-refractivity contribution in [3.05, 3.63) is 35.9 Å². The van der Waals surface area contributed by atoms with Crippen molar-refractivity contribution in [2.45, 2.75) is 45.8 Å². The summed E-state index contributed by atoms with van der Waals surface area (Å²) in [6.45, 7) is 7.41. The summed E-state index contributed by atoms with van der Waals surface area (Å²) >= 11 is 0. The molecule has 3 atom stereocenters. The number of aliphatic carboxylic acids is 1. The third-order valence-corrected chi connectivity index (χ3v) is 3.76. The first kappa shape index (κ1) is 15.7. The molecule has 19 heavy (non-hydrogen) atoms. The fraction of sp³-hybridized carbons (Fsp3) is 0.533. The van der Waals surface area contributed by atoms with Gasteiger partial charge in [0.1, 0.15) is 11.6 Å². The summed E-state index contributed by atoms with van der Waals surface area (Å²) in [6, 6.07) is 9.70. The largest absolute Gasteiger partial charge is 0.480 e. The SMILES string of the molecule is CCC(C)C(C)(NOC(C)c1ccccc1)C(=O)O. The van der Waals surface area contributed by atoms with E-state index < -0.39 is 11.5 Å². The standard InChI is InChI=1S/C15H23NO3/c1-5-11(2)15(4,14(17)18)16-19-12(3)13-9-7-6-8-10-13/h6-12,16H,5H2,1-4H3,(H,17,18). The van der Waals surface area contributed by atoms with E-state index in [1.54, 1.807) is 6.92 Å². The molecule has 0 aliphatic heterocycles. The lowest BCUT2D eigenvalue weighted by molar-refractivity contribution is -0.159. The number of carboxylic acid groups (broad SMARTS) is 1. The van der Waals surface area contributed by atoms with Crippen LogP contribution in [-0.2, 0) is 9.63 Å². The summed E-state index contributed by atoms with van der Waals surface area (Å²) in [5, 5.41) is 9.37. The highest BCUT2D eigenvalue weighted by atomic mass is 16.7. The third-order valence-electron chi connectivity index (χ3n) is 3.76. The summed E-state index contributed by atoms with van der Waals surface area (Å²) in [5.74, 6) is -0.935. The Balaban J connectivity index is 2.70. The van der Waals surface area contributed by atoms with Crippen LogP contribution in [0.4, 0.5) is 0 Å². The Morgan fingerprint density at radius 1 is 1.37 bits per heavy atom. The van der Waals surface area contributed by atoms with E-state index in [1.165, 1.54) is 0 Å². The van der Waals surface area contributed by atoms with E-state index in [0.29, 0.717) is 0 Å². The zero-order chi connectivity index (χ0) is 14.5. The normalized spacial score (nSPS) is 17.5. The highest BCUT2D eigenvalue weighted by Crippen LogP contribution is 2.23. The van der Waals surface area contributed by atoms with E-state index in [2.05, 4.69) is 5.48 Å². The molecule has 0 bridgehead atoms. The summed E-state index contributed by atoms with van der Waals surface area (Å²) in [7, 11) is 0. The Labute approximate surface area is 114 Å². The molecule has 0 fully saturated rings. The van der Waals surface area contributed by atoms with E-state index in [0.717, 1.165) is 12.0 Å². The first-order chi connectivity index (χ1) is 8.91. The number of hydroxylamine groups is 1. The monoisotopic (exact) mass is 265 g/mol. The predicted octanol–water partition coefficient (Wildman–Crippen LogP) is 3.16. The second-order valence-corrected chi connectivity index (χ2v) is 5.09. The van der Waals surface area contributed by atoms with Gasteiger partial charge in [-0.15, -0.1) is 0 Å². The minimum absolute atomic E-state index is 0.0343. The Morgan fingerprint density at radius 3 is 2.42 bits per heavy atom. The lowest BCUT2D eigenvalue weighted by Gasteiger charge is -2.32. The molecule has 0 amide bonds. The average molecular weight is 265 g/mol. The quantitative estimate of drug-likeness (QED) is 0.743. The van der Waals surface area contributed by atoms with E-state index in [4.69, 9.17) is 4.84 Å². The van der Waals surface area contributed by atoms with Crippen LogP contribution in [0.3, 0.4) is 0 Å². The van der Waals surface area contributed by atoms with Gasteiger partial charge in [0.05, 0.1) is 0 Å². The van der Waals surface area contributed by atoms with Crippen LogP contribution in [0.15, 0.2) is 30.3 Å². The summed E-state index contributed by atoms with van der Waals surface area (Å²) < 4.78 is 0. The molecule has 0 spiro atoms. The molecular weight excluding hydrogens is 242 g/mol. The van der Waals surface area contributed by atoms with Crippen LogP contribution in [0.25, 0.3) is 0 Å². The molecule has 0 aliphatic carbocycles. The van der Waals surface area contributed by atoms with Crippen LogP contribution in [-0.4, -0.2) is 16.6 Å². The maximum Gasteiger partial charge on any atom is 0.326 e. The molecule has 4 nitrogen and oxygen atoms in total. The van der Waals surface area contributed by atoms with Crippen LogP contribution < -0.4 is 5.48 Å². The zero-order valence-electron chi connectivity index (χ0n) is 12.0. The van der Waals surface area contributed by atoms with Crippen molar-refractivity contribution in [3.8, 4) is 0 Å². The Morgan fingerprint density at radius 2 is 1.95 bits per heavy atom. The molecule has 0 aliphatic rings. The fourth-order valence-corrected chi connectivity index (χ4v) is 1.77. The van der Waals surface area contributed by atoms with Gasteiger partial charge < -0.3 is 5.11 Å². The maximum atomic E-state index is 11.4. The topological polar surface area (TPSA) is 58.6 Å². The predicted molar refractivity (Wildman–Crippen MR) is 74.6 cm³/mol. The Kier molecular flexibility index (Phi) is 5.51. The Hall–Kier alpha value is -1.39. The van der Waals surface area contributed by atoms with Gasteiger partial charge in [0.15, 0.2) is 0 Å². The average Bonchev–Trinajstić information content (AvgIpc) is 2.44.